The van der Waals surface area contributed by atoms with Gasteiger partial charge >= 0.3 is 0 Å². The minimum absolute atomic E-state index is 0.236. The van der Waals surface area contributed by atoms with Gasteiger partial charge in [0.05, 0.1) is 21.1 Å². The van der Waals surface area contributed by atoms with Crippen molar-refractivity contribution < 1.29 is 9.84 Å². The van der Waals surface area contributed by atoms with Gasteiger partial charge < -0.3 is 9.84 Å². The summed E-state index contributed by atoms with van der Waals surface area (Å²) in [5, 5.41) is 10.2. The van der Waals surface area contributed by atoms with Crippen LogP contribution in [-0.4, -0.2) is 21.0 Å². The van der Waals surface area contributed by atoms with Crippen molar-refractivity contribution >= 4 is 8.80 Å². The zero-order valence-electron chi connectivity index (χ0n) is 13.5. The molecule has 0 spiro atoms. The van der Waals surface area contributed by atoms with Gasteiger partial charge in [-0.05, 0) is 29.5 Å². The van der Waals surface area contributed by atoms with E-state index in [1.165, 1.54) is 0 Å². The van der Waals surface area contributed by atoms with Crippen LogP contribution in [0.15, 0.2) is 36.4 Å². The van der Waals surface area contributed by atoms with E-state index in [1.54, 1.807) is 7.11 Å². The molecule has 0 aliphatic heterocycles. The molecule has 0 saturated carbocycles. The number of benzene rings is 1. The number of hydrogen-bond acceptors (Lipinski definition) is 2. The first-order valence-electron chi connectivity index (χ1n) is 7.04. The second kappa shape index (κ2) is 6.59. The van der Waals surface area contributed by atoms with Crippen molar-refractivity contribution in [3.05, 3.63) is 42.0 Å². The normalized spacial score (nSPS) is 15.6. The maximum atomic E-state index is 11.1. The SMILES string of the molecule is COc1cccc(C(O)(/C=C\CC(C)(C)C)[Si](C)C)c1. The van der Waals surface area contributed by atoms with Crippen molar-refractivity contribution in [3.63, 3.8) is 0 Å². The molecule has 0 aliphatic carbocycles. The Morgan fingerprint density at radius 1 is 1.25 bits per heavy atom. The fourth-order valence-corrected chi connectivity index (χ4v) is 3.18. The third-order valence-corrected chi connectivity index (χ3v) is 5.34. The van der Waals surface area contributed by atoms with Crippen molar-refractivity contribution in [2.24, 2.45) is 5.41 Å². The Labute approximate surface area is 125 Å². The molecule has 1 aromatic rings. The largest absolute Gasteiger partial charge is 0.497 e. The lowest BCUT2D eigenvalue weighted by atomic mass is 9.92. The van der Waals surface area contributed by atoms with Crippen LogP contribution in [0.25, 0.3) is 0 Å². The molecular formula is C17H27O2Si. The van der Waals surface area contributed by atoms with E-state index in [0.29, 0.717) is 0 Å². The molecule has 0 fully saturated rings. The molecule has 1 N–H and O–H groups in total. The lowest BCUT2D eigenvalue weighted by Gasteiger charge is -2.29. The predicted molar refractivity (Wildman–Crippen MR) is 87.6 cm³/mol. The minimum atomic E-state index is -0.953. The van der Waals surface area contributed by atoms with Gasteiger partial charge in [0.15, 0.2) is 0 Å². The number of aliphatic hydroxyl groups is 1. The van der Waals surface area contributed by atoms with E-state index >= 15 is 0 Å². The van der Waals surface area contributed by atoms with Crippen LogP contribution in [0.1, 0.15) is 32.8 Å². The minimum Gasteiger partial charge on any atom is -0.497 e. The van der Waals surface area contributed by atoms with Crippen LogP contribution in [0.4, 0.5) is 0 Å². The molecule has 3 heteroatoms. The first-order chi connectivity index (χ1) is 9.19. The number of rotatable bonds is 5. The summed E-state index contributed by atoms with van der Waals surface area (Å²) in [7, 11) is 0.698. The van der Waals surface area contributed by atoms with E-state index in [1.807, 2.05) is 30.3 Å². The number of methoxy groups -OCH3 is 1. The van der Waals surface area contributed by atoms with Gasteiger partial charge in [-0.25, -0.2) is 0 Å². The van der Waals surface area contributed by atoms with Gasteiger partial charge in [0, 0.05) is 0 Å². The second-order valence-corrected chi connectivity index (χ2v) is 9.43. The van der Waals surface area contributed by atoms with E-state index in [-0.39, 0.29) is 5.41 Å². The monoisotopic (exact) mass is 291 g/mol. The van der Waals surface area contributed by atoms with Crippen molar-refractivity contribution in [1.82, 2.24) is 0 Å². The standard InChI is InChI=1S/C17H27O2Si/c1-16(2,3)11-8-12-17(18,20(5)6)14-9-7-10-15(13-14)19-4/h7-10,12-13,18H,11H2,1-6H3/b12-8-. The molecule has 0 aliphatic rings. The summed E-state index contributed by atoms with van der Waals surface area (Å²) in [5.74, 6) is 0.786. The summed E-state index contributed by atoms with van der Waals surface area (Å²) in [6.07, 6.45) is 5.03. The number of hydrogen-bond donors (Lipinski definition) is 1. The van der Waals surface area contributed by atoms with Gasteiger partial charge in [-0.15, -0.1) is 0 Å². The molecule has 1 atom stereocenters. The number of allylic oxidation sites excluding steroid dienone is 1. The van der Waals surface area contributed by atoms with Crippen molar-refractivity contribution in [3.8, 4) is 5.75 Å². The van der Waals surface area contributed by atoms with Gasteiger partial charge in [0.2, 0.25) is 0 Å². The first-order valence-corrected chi connectivity index (χ1v) is 9.54. The lowest BCUT2D eigenvalue weighted by molar-refractivity contribution is 0.171. The molecule has 0 heterocycles. The molecule has 0 saturated heterocycles. The fraction of sp³-hybridized carbons (Fsp3) is 0.529. The summed E-state index contributed by atoms with van der Waals surface area (Å²) in [5.41, 5.74) is 1.15. The second-order valence-electron chi connectivity index (χ2n) is 6.67. The quantitative estimate of drug-likeness (QED) is 0.652. The molecule has 1 unspecified atom stereocenters. The third kappa shape index (κ3) is 4.49. The van der Waals surface area contributed by atoms with Gasteiger partial charge in [0.25, 0.3) is 0 Å². The topological polar surface area (TPSA) is 29.5 Å². The van der Waals surface area contributed by atoms with Crippen molar-refractivity contribution in [2.45, 2.75) is 45.5 Å². The highest BCUT2D eigenvalue weighted by atomic mass is 28.3. The van der Waals surface area contributed by atoms with E-state index in [4.69, 9.17) is 4.74 Å². The van der Waals surface area contributed by atoms with Gasteiger partial charge in [-0.2, -0.15) is 0 Å². The molecule has 20 heavy (non-hydrogen) atoms. The smallest absolute Gasteiger partial charge is 0.119 e. The molecule has 0 aromatic heterocycles. The van der Waals surface area contributed by atoms with E-state index in [2.05, 4.69) is 39.9 Å². The van der Waals surface area contributed by atoms with Crippen LogP contribution >= 0.6 is 0 Å². The van der Waals surface area contributed by atoms with E-state index < -0.39 is 14.0 Å². The number of ether oxygens (including phenoxy) is 1. The Morgan fingerprint density at radius 3 is 2.40 bits per heavy atom. The van der Waals surface area contributed by atoms with E-state index in [9.17, 15) is 5.11 Å². The predicted octanol–water partition coefficient (Wildman–Crippen LogP) is 4.17. The fourth-order valence-electron chi connectivity index (χ4n) is 1.99. The van der Waals surface area contributed by atoms with Crippen molar-refractivity contribution in [2.75, 3.05) is 7.11 Å². The average molecular weight is 291 g/mol. The summed E-state index contributed by atoms with van der Waals surface area (Å²) < 4.78 is 5.26. The molecule has 0 bridgehead atoms. The maximum absolute atomic E-state index is 11.1. The third-order valence-electron chi connectivity index (χ3n) is 3.36. The summed E-state index contributed by atoms with van der Waals surface area (Å²) in [6.45, 7) is 10.9. The first kappa shape index (κ1) is 17.0. The Morgan fingerprint density at radius 2 is 1.90 bits per heavy atom. The highest BCUT2D eigenvalue weighted by Crippen LogP contribution is 2.30. The van der Waals surface area contributed by atoms with Crippen LogP contribution < -0.4 is 4.74 Å². The summed E-state index contributed by atoms with van der Waals surface area (Å²) in [6, 6.07) is 7.74. The zero-order chi connectivity index (χ0) is 15.4. The molecule has 1 radical (unpaired) electrons. The Balaban J connectivity index is 3.08. The Bertz CT molecular complexity index is 460. The molecule has 0 amide bonds. The molecule has 1 rings (SSSR count). The van der Waals surface area contributed by atoms with Crippen LogP contribution in [0.5, 0.6) is 5.75 Å². The zero-order valence-corrected chi connectivity index (χ0v) is 14.5. The summed E-state index contributed by atoms with van der Waals surface area (Å²) in [4.78, 5) is 0. The summed E-state index contributed by atoms with van der Waals surface area (Å²) >= 11 is 0. The van der Waals surface area contributed by atoms with Crippen LogP contribution in [0, 0.1) is 5.41 Å². The average Bonchev–Trinajstić information content (AvgIpc) is 2.36. The highest BCUT2D eigenvalue weighted by molar-refractivity contribution is 6.59. The lowest BCUT2D eigenvalue weighted by Crippen LogP contribution is -2.37. The highest BCUT2D eigenvalue weighted by Gasteiger charge is 2.31. The molecule has 2 nitrogen and oxygen atoms in total. The van der Waals surface area contributed by atoms with E-state index in [0.717, 1.165) is 17.7 Å². The van der Waals surface area contributed by atoms with Crippen LogP contribution in [0.2, 0.25) is 13.1 Å². The molecule has 111 valence electrons. The van der Waals surface area contributed by atoms with Gasteiger partial charge in [0.1, 0.15) is 5.75 Å². The molecule has 1 aromatic carbocycles. The Kier molecular flexibility index (Phi) is 5.60. The Hall–Kier alpha value is -1.06. The van der Waals surface area contributed by atoms with Crippen LogP contribution in [0.3, 0.4) is 0 Å². The van der Waals surface area contributed by atoms with Crippen LogP contribution in [-0.2, 0) is 5.22 Å². The van der Waals surface area contributed by atoms with Gasteiger partial charge in [-0.3, -0.25) is 0 Å². The van der Waals surface area contributed by atoms with Crippen molar-refractivity contribution in [1.29, 1.82) is 0 Å². The van der Waals surface area contributed by atoms with Gasteiger partial charge in [-0.1, -0.05) is 58.2 Å². The molecular weight excluding hydrogens is 264 g/mol. The maximum Gasteiger partial charge on any atom is 0.119 e.